The summed E-state index contributed by atoms with van der Waals surface area (Å²) in [4.78, 5) is 49.9. The van der Waals surface area contributed by atoms with Gasteiger partial charge in [0.15, 0.2) is 6.10 Å². The smallest absolute Gasteiger partial charge is 0.325 e. The van der Waals surface area contributed by atoms with E-state index in [1.165, 1.54) is 6.92 Å². The lowest BCUT2D eigenvalue weighted by atomic mass is 9.98. The molecular formula is C19H22ClN3O5. The molecule has 1 aromatic carbocycles. The molecule has 0 bridgehead atoms. The monoisotopic (exact) mass is 407 g/mol. The molecule has 1 heterocycles. The van der Waals surface area contributed by atoms with Gasteiger partial charge in [0.05, 0.1) is 17.1 Å². The van der Waals surface area contributed by atoms with Crippen molar-refractivity contribution >= 4 is 41.1 Å². The molecule has 2 fully saturated rings. The number of carbonyl (C=O) groups is 4. The lowest BCUT2D eigenvalue weighted by Gasteiger charge is -2.20. The number of nitrogens with zero attached hydrogens (tertiary/aromatic N) is 1. The van der Waals surface area contributed by atoms with Gasteiger partial charge < -0.3 is 15.4 Å². The van der Waals surface area contributed by atoms with Gasteiger partial charge >= 0.3 is 12.0 Å². The SMILES string of the molecule is C[C@H](OC(=O)CCN1C(=O)NC2(CCCC2)C1=O)C(=O)Nc1ccccc1Cl. The van der Waals surface area contributed by atoms with Gasteiger partial charge in [0.1, 0.15) is 5.54 Å². The highest BCUT2D eigenvalue weighted by molar-refractivity contribution is 6.33. The van der Waals surface area contributed by atoms with Gasteiger partial charge in [0.2, 0.25) is 0 Å². The van der Waals surface area contributed by atoms with Gasteiger partial charge in [-0.25, -0.2) is 4.79 Å². The Kier molecular flexibility index (Phi) is 5.88. The minimum atomic E-state index is -1.05. The lowest BCUT2D eigenvalue weighted by Crippen LogP contribution is -2.44. The number of anilines is 1. The molecule has 1 saturated heterocycles. The maximum absolute atomic E-state index is 12.5. The fraction of sp³-hybridized carbons (Fsp3) is 0.474. The van der Waals surface area contributed by atoms with Crippen LogP contribution in [0.25, 0.3) is 0 Å². The first-order chi connectivity index (χ1) is 13.3. The van der Waals surface area contributed by atoms with Gasteiger partial charge in [0.25, 0.3) is 11.8 Å². The summed E-state index contributed by atoms with van der Waals surface area (Å²) in [6.07, 6.45) is 1.79. The molecule has 2 N–H and O–H groups in total. The molecule has 1 spiro atoms. The quantitative estimate of drug-likeness (QED) is 0.556. The molecule has 1 atom stereocenters. The molecule has 0 radical (unpaired) electrons. The van der Waals surface area contributed by atoms with Crippen molar-refractivity contribution in [2.24, 2.45) is 0 Å². The van der Waals surface area contributed by atoms with Crippen molar-refractivity contribution in [3.8, 4) is 0 Å². The van der Waals surface area contributed by atoms with Gasteiger partial charge in [-0.05, 0) is 31.9 Å². The molecule has 4 amide bonds. The van der Waals surface area contributed by atoms with E-state index in [0.29, 0.717) is 23.6 Å². The standard InChI is InChI=1S/C19H22ClN3O5/c1-12(16(25)21-14-7-3-2-6-13(14)20)28-15(24)8-11-23-17(26)19(22-18(23)27)9-4-5-10-19/h2-3,6-7,12H,4-5,8-11H2,1H3,(H,21,25)(H,22,27)/t12-/m0/s1. The highest BCUT2D eigenvalue weighted by Crippen LogP contribution is 2.35. The number of para-hydroxylation sites is 1. The summed E-state index contributed by atoms with van der Waals surface area (Å²) in [5.74, 6) is -1.48. The Hall–Kier alpha value is -2.61. The van der Waals surface area contributed by atoms with Gasteiger partial charge in [-0.15, -0.1) is 0 Å². The fourth-order valence-corrected chi connectivity index (χ4v) is 3.69. The second-order valence-corrected chi connectivity index (χ2v) is 7.43. The Balaban J connectivity index is 1.49. The van der Waals surface area contributed by atoms with Crippen molar-refractivity contribution in [1.82, 2.24) is 10.2 Å². The van der Waals surface area contributed by atoms with Crippen LogP contribution in [0.1, 0.15) is 39.0 Å². The van der Waals surface area contributed by atoms with E-state index in [-0.39, 0.29) is 18.9 Å². The topological polar surface area (TPSA) is 105 Å². The molecule has 2 aliphatic rings. The first-order valence-corrected chi connectivity index (χ1v) is 9.59. The zero-order chi connectivity index (χ0) is 20.3. The Morgan fingerprint density at radius 1 is 1.29 bits per heavy atom. The molecule has 8 nitrogen and oxygen atoms in total. The Bertz CT molecular complexity index is 807. The van der Waals surface area contributed by atoms with E-state index in [4.69, 9.17) is 16.3 Å². The number of imide groups is 1. The number of nitrogens with one attached hydrogen (secondary N) is 2. The van der Waals surface area contributed by atoms with Crippen molar-refractivity contribution in [2.75, 3.05) is 11.9 Å². The van der Waals surface area contributed by atoms with Gasteiger partial charge in [0, 0.05) is 6.54 Å². The molecule has 28 heavy (non-hydrogen) atoms. The van der Waals surface area contributed by atoms with Crippen LogP contribution in [0.2, 0.25) is 5.02 Å². The third kappa shape index (κ3) is 4.11. The van der Waals surface area contributed by atoms with Crippen LogP contribution < -0.4 is 10.6 Å². The highest BCUT2D eigenvalue weighted by atomic mass is 35.5. The van der Waals surface area contributed by atoms with Crippen LogP contribution in [-0.2, 0) is 19.1 Å². The summed E-state index contributed by atoms with van der Waals surface area (Å²) < 4.78 is 5.11. The van der Waals surface area contributed by atoms with Crippen molar-refractivity contribution < 1.29 is 23.9 Å². The number of ether oxygens (including phenoxy) is 1. The van der Waals surface area contributed by atoms with Crippen LogP contribution in [0.4, 0.5) is 10.5 Å². The summed E-state index contributed by atoms with van der Waals surface area (Å²) in [5, 5.41) is 5.71. The van der Waals surface area contributed by atoms with Crippen molar-refractivity contribution in [2.45, 2.75) is 50.7 Å². The summed E-state index contributed by atoms with van der Waals surface area (Å²) >= 11 is 5.98. The Morgan fingerprint density at radius 3 is 2.64 bits per heavy atom. The third-order valence-corrected chi connectivity index (χ3v) is 5.38. The first-order valence-electron chi connectivity index (χ1n) is 9.21. The van der Waals surface area contributed by atoms with Crippen molar-refractivity contribution in [1.29, 1.82) is 0 Å². The van der Waals surface area contributed by atoms with Crippen LogP contribution in [-0.4, -0.2) is 46.9 Å². The van der Waals surface area contributed by atoms with Crippen LogP contribution in [0.5, 0.6) is 0 Å². The molecule has 1 aliphatic heterocycles. The van der Waals surface area contributed by atoms with E-state index < -0.39 is 29.6 Å². The Labute approximate surface area is 167 Å². The number of amides is 4. The fourth-order valence-electron chi connectivity index (χ4n) is 3.51. The Morgan fingerprint density at radius 2 is 1.96 bits per heavy atom. The van der Waals surface area contributed by atoms with Crippen molar-refractivity contribution in [3.05, 3.63) is 29.3 Å². The number of carbonyl (C=O) groups excluding carboxylic acids is 4. The third-order valence-electron chi connectivity index (χ3n) is 5.05. The van der Waals surface area contributed by atoms with Gasteiger partial charge in [-0.3, -0.25) is 19.3 Å². The molecule has 1 saturated carbocycles. The average Bonchev–Trinajstić information content (AvgIpc) is 3.21. The van der Waals surface area contributed by atoms with E-state index in [0.717, 1.165) is 17.7 Å². The maximum Gasteiger partial charge on any atom is 0.325 e. The molecule has 1 aromatic rings. The van der Waals surface area contributed by atoms with Crippen molar-refractivity contribution in [3.63, 3.8) is 0 Å². The molecule has 0 unspecified atom stereocenters. The summed E-state index contributed by atoms with van der Waals surface area (Å²) in [7, 11) is 0. The van der Waals surface area contributed by atoms with Crippen LogP contribution >= 0.6 is 11.6 Å². The van der Waals surface area contributed by atoms with E-state index >= 15 is 0 Å². The predicted octanol–water partition coefficient (Wildman–Crippen LogP) is 2.46. The minimum Gasteiger partial charge on any atom is -0.452 e. The van der Waals surface area contributed by atoms with E-state index in [9.17, 15) is 19.2 Å². The molecule has 3 rings (SSSR count). The van der Waals surface area contributed by atoms with Gasteiger partial charge in [-0.1, -0.05) is 36.6 Å². The number of halogens is 1. The summed E-state index contributed by atoms with van der Waals surface area (Å²) in [5.41, 5.74) is -0.387. The van der Waals surface area contributed by atoms with Crippen LogP contribution in [0.15, 0.2) is 24.3 Å². The van der Waals surface area contributed by atoms with E-state index in [1.807, 2.05) is 0 Å². The highest BCUT2D eigenvalue weighted by Gasteiger charge is 2.52. The lowest BCUT2D eigenvalue weighted by molar-refractivity contribution is -0.153. The molecule has 9 heteroatoms. The van der Waals surface area contributed by atoms with E-state index in [2.05, 4.69) is 10.6 Å². The maximum atomic E-state index is 12.5. The number of rotatable bonds is 6. The number of esters is 1. The van der Waals surface area contributed by atoms with Crippen LogP contribution in [0, 0.1) is 0 Å². The molecule has 1 aliphatic carbocycles. The van der Waals surface area contributed by atoms with E-state index in [1.54, 1.807) is 24.3 Å². The average molecular weight is 408 g/mol. The zero-order valence-electron chi connectivity index (χ0n) is 15.5. The first kappa shape index (κ1) is 20.1. The largest absolute Gasteiger partial charge is 0.452 e. The molecule has 0 aromatic heterocycles. The second-order valence-electron chi connectivity index (χ2n) is 7.03. The number of benzene rings is 1. The minimum absolute atomic E-state index is 0.0793. The van der Waals surface area contributed by atoms with Crippen LogP contribution in [0.3, 0.4) is 0 Å². The second kappa shape index (κ2) is 8.18. The van der Waals surface area contributed by atoms with Gasteiger partial charge in [-0.2, -0.15) is 0 Å². The summed E-state index contributed by atoms with van der Waals surface area (Å²) in [6, 6.07) is 6.22. The number of hydrogen-bond donors (Lipinski definition) is 2. The molecule has 150 valence electrons. The normalized spacial score (nSPS) is 18.9. The molecular weight excluding hydrogens is 386 g/mol. The predicted molar refractivity (Wildman–Crippen MR) is 102 cm³/mol. The zero-order valence-corrected chi connectivity index (χ0v) is 16.3. The summed E-state index contributed by atoms with van der Waals surface area (Å²) in [6.45, 7) is 1.36. The number of urea groups is 1. The number of hydrogen-bond acceptors (Lipinski definition) is 5.